The first-order chi connectivity index (χ1) is 20.7. The van der Waals surface area contributed by atoms with Gasteiger partial charge in [-0.25, -0.2) is 0 Å². The summed E-state index contributed by atoms with van der Waals surface area (Å²) in [5.41, 5.74) is 0.894. The van der Waals surface area contributed by atoms with Gasteiger partial charge < -0.3 is 19.4 Å². The summed E-state index contributed by atoms with van der Waals surface area (Å²) < 4.78 is 6.13. The fourth-order valence-electron chi connectivity index (χ4n) is 6.22. The zero-order valence-corrected chi connectivity index (χ0v) is 26.0. The number of ether oxygens (including phenoxy) is 1. The molecule has 1 heterocycles. The van der Waals surface area contributed by atoms with E-state index in [0.717, 1.165) is 30.4 Å². The van der Waals surface area contributed by atoms with Gasteiger partial charge in [0.25, 0.3) is 5.91 Å². The molecule has 43 heavy (non-hydrogen) atoms. The summed E-state index contributed by atoms with van der Waals surface area (Å²) in [4.78, 5) is 60.8. The minimum atomic E-state index is -0.809. The number of amides is 4. The van der Waals surface area contributed by atoms with Gasteiger partial charge in [0.1, 0.15) is 13.2 Å². The summed E-state index contributed by atoms with van der Waals surface area (Å²) in [6, 6.07) is 19.1. The number of hydrogen-bond acceptors (Lipinski definition) is 6. The molecule has 1 unspecified atom stereocenters. The molecule has 9 heteroatoms. The number of benzene rings is 2. The molecule has 2 aromatic carbocycles. The van der Waals surface area contributed by atoms with Gasteiger partial charge in [-0.15, -0.1) is 0 Å². The molecule has 2 aliphatic rings. The van der Waals surface area contributed by atoms with Gasteiger partial charge in [-0.05, 0) is 44.5 Å². The zero-order chi connectivity index (χ0) is 31.0. The van der Waals surface area contributed by atoms with Crippen molar-refractivity contribution in [3.63, 3.8) is 0 Å². The molecule has 1 aliphatic heterocycles. The lowest BCUT2D eigenvalue weighted by Gasteiger charge is -2.55. The minimum absolute atomic E-state index is 0.192. The van der Waals surface area contributed by atoms with E-state index in [9.17, 15) is 19.2 Å². The van der Waals surface area contributed by atoms with Crippen LogP contribution >= 0.6 is 0 Å². The maximum Gasteiger partial charge on any atom is 0.250 e. The van der Waals surface area contributed by atoms with Crippen LogP contribution in [0, 0.1) is 5.41 Å². The van der Waals surface area contributed by atoms with E-state index in [-0.39, 0.29) is 30.9 Å². The summed E-state index contributed by atoms with van der Waals surface area (Å²) >= 11 is 0. The predicted octanol–water partition coefficient (Wildman–Crippen LogP) is 3.74. The molecule has 1 saturated heterocycles. The first-order valence-electron chi connectivity index (χ1n) is 15.4. The highest BCUT2D eigenvalue weighted by Crippen LogP contribution is 2.50. The monoisotopic (exact) mass is 590 g/mol. The molecular weight excluding hydrogens is 544 g/mol. The van der Waals surface area contributed by atoms with E-state index in [0.29, 0.717) is 38.9 Å². The van der Waals surface area contributed by atoms with Gasteiger partial charge in [0, 0.05) is 26.7 Å². The Kier molecular flexibility index (Phi) is 11.1. The Morgan fingerprint density at radius 3 is 2.00 bits per heavy atom. The van der Waals surface area contributed by atoms with Crippen molar-refractivity contribution in [2.24, 2.45) is 5.41 Å². The van der Waals surface area contributed by atoms with Crippen molar-refractivity contribution in [3.8, 4) is 0 Å². The summed E-state index contributed by atoms with van der Waals surface area (Å²) in [5, 5.41) is 0. The maximum atomic E-state index is 14.1. The largest absolute Gasteiger partial charge is 0.347 e. The topological polar surface area (TPSA) is 90.5 Å². The number of likely N-dealkylation sites (tertiary alicyclic amines) is 1. The van der Waals surface area contributed by atoms with E-state index in [1.54, 1.807) is 16.8 Å². The van der Waals surface area contributed by atoms with Gasteiger partial charge in [0.05, 0.1) is 11.3 Å². The molecule has 1 aliphatic carbocycles. The SMILES string of the molecule is CCCN(CC(=O)N1C(=O)C2(CCCCC2)C1OCC(=O)N(C)CCN(C)C)C(=O)C(c1ccccc1)c1ccccc1. The number of β-lactam (4-membered cyclic amide) rings is 1. The molecular formula is C34H46N4O5. The van der Waals surface area contributed by atoms with Crippen LogP contribution in [-0.4, -0.2) is 103 Å². The van der Waals surface area contributed by atoms with Gasteiger partial charge >= 0.3 is 0 Å². The number of nitrogens with zero attached hydrogens (tertiary/aromatic N) is 4. The lowest BCUT2D eigenvalue weighted by atomic mass is 9.66. The van der Waals surface area contributed by atoms with Crippen LogP contribution in [0.25, 0.3) is 0 Å². The second kappa shape index (κ2) is 14.8. The molecule has 2 aromatic rings. The first kappa shape index (κ1) is 32.4. The minimum Gasteiger partial charge on any atom is -0.347 e. The normalized spacial score (nSPS) is 17.7. The van der Waals surface area contributed by atoms with Crippen molar-refractivity contribution in [2.75, 3.05) is 53.9 Å². The Bertz CT molecular complexity index is 1210. The molecule has 0 bridgehead atoms. The lowest BCUT2D eigenvalue weighted by molar-refractivity contribution is -0.228. The van der Waals surface area contributed by atoms with Crippen LogP contribution < -0.4 is 0 Å². The van der Waals surface area contributed by atoms with Crippen molar-refractivity contribution in [3.05, 3.63) is 71.8 Å². The van der Waals surface area contributed by atoms with Gasteiger partial charge in [-0.3, -0.25) is 24.1 Å². The van der Waals surface area contributed by atoms with E-state index < -0.39 is 23.5 Å². The molecule has 2 fully saturated rings. The average Bonchev–Trinajstić information content (AvgIpc) is 3.02. The van der Waals surface area contributed by atoms with Gasteiger partial charge in [0.15, 0.2) is 6.23 Å². The Morgan fingerprint density at radius 2 is 1.47 bits per heavy atom. The molecule has 9 nitrogen and oxygen atoms in total. The maximum absolute atomic E-state index is 14.1. The van der Waals surface area contributed by atoms with Crippen LogP contribution in [0.4, 0.5) is 0 Å². The quantitative estimate of drug-likeness (QED) is 0.330. The summed E-state index contributed by atoms with van der Waals surface area (Å²) in [7, 11) is 5.61. The Morgan fingerprint density at radius 1 is 0.884 bits per heavy atom. The van der Waals surface area contributed by atoms with E-state index in [1.807, 2.05) is 86.6 Å². The van der Waals surface area contributed by atoms with Crippen LogP contribution in [0.2, 0.25) is 0 Å². The van der Waals surface area contributed by atoms with Crippen molar-refractivity contribution in [2.45, 2.75) is 57.6 Å². The fraction of sp³-hybridized carbons (Fsp3) is 0.529. The van der Waals surface area contributed by atoms with Crippen LogP contribution in [-0.2, 0) is 23.9 Å². The fourth-order valence-corrected chi connectivity index (χ4v) is 6.22. The molecule has 0 aromatic heterocycles. The first-order valence-corrected chi connectivity index (χ1v) is 15.4. The van der Waals surface area contributed by atoms with Crippen LogP contribution in [0.15, 0.2) is 60.7 Å². The number of hydrogen-bond donors (Lipinski definition) is 0. The molecule has 1 saturated carbocycles. The van der Waals surface area contributed by atoms with Crippen molar-refractivity contribution < 1.29 is 23.9 Å². The Hall–Kier alpha value is -3.56. The van der Waals surface area contributed by atoms with E-state index in [1.165, 1.54) is 4.90 Å². The van der Waals surface area contributed by atoms with Crippen LogP contribution in [0.3, 0.4) is 0 Å². The number of imide groups is 1. The zero-order valence-electron chi connectivity index (χ0n) is 26.0. The highest BCUT2D eigenvalue weighted by atomic mass is 16.5. The highest BCUT2D eigenvalue weighted by molar-refractivity contribution is 6.05. The second-order valence-electron chi connectivity index (χ2n) is 12.1. The van der Waals surface area contributed by atoms with Gasteiger partial charge in [-0.1, -0.05) is 86.8 Å². The molecule has 1 spiro atoms. The van der Waals surface area contributed by atoms with Crippen LogP contribution in [0.1, 0.15) is 62.5 Å². The van der Waals surface area contributed by atoms with E-state index in [4.69, 9.17) is 4.74 Å². The molecule has 0 N–H and O–H groups in total. The Balaban J connectivity index is 1.53. The van der Waals surface area contributed by atoms with Crippen LogP contribution in [0.5, 0.6) is 0 Å². The number of likely N-dealkylation sites (N-methyl/N-ethyl adjacent to an activating group) is 2. The predicted molar refractivity (Wildman–Crippen MR) is 165 cm³/mol. The van der Waals surface area contributed by atoms with Crippen molar-refractivity contribution >= 4 is 23.6 Å². The number of rotatable bonds is 13. The van der Waals surface area contributed by atoms with Crippen molar-refractivity contribution in [1.29, 1.82) is 0 Å². The third kappa shape index (κ3) is 7.33. The molecule has 4 amide bonds. The van der Waals surface area contributed by atoms with Gasteiger partial charge in [0.2, 0.25) is 17.7 Å². The molecule has 1 atom stereocenters. The second-order valence-corrected chi connectivity index (χ2v) is 12.1. The van der Waals surface area contributed by atoms with Gasteiger partial charge in [-0.2, -0.15) is 0 Å². The summed E-state index contributed by atoms with van der Waals surface area (Å²) in [6.07, 6.45) is 3.89. The van der Waals surface area contributed by atoms with Crippen molar-refractivity contribution in [1.82, 2.24) is 19.6 Å². The molecule has 0 radical (unpaired) electrons. The summed E-state index contributed by atoms with van der Waals surface area (Å²) in [5.74, 6) is -1.69. The van der Waals surface area contributed by atoms with E-state index >= 15 is 0 Å². The molecule has 232 valence electrons. The van der Waals surface area contributed by atoms with E-state index in [2.05, 4.69) is 0 Å². The third-order valence-corrected chi connectivity index (χ3v) is 8.68. The third-order valence-electron chi connectivity index (χ3n) is 8.68. The number of carbonyl (C=O) groups excluding carboxylic acids is 4. The standard InChI is InChI=1S/C34H46N4O5/c1-5-21-37(31(41)30(26-15-9-6-10-16-26)27-17-11-7-12-18-27)24-28(39)38-32(42)34(19-13-8-14-20-34)33(38)43-25-29(40)36(4)23-22-35(2)3/h6-7,9-12,15-18,30,33H,5,8,13-14,19-25H2,1-4H3. The number of carbonyl (C=O) groups is 4. The summed E-state index contributed by atoms with van der Waals surface area (Å²) in [6.45, 7) is 3.14. The average molecular weight is 591 g/mol. The smallest absolute Gasteiger partial charge is 0.250 e. The lowest BCUT2D eigenvalue weighted by Crippen LogP contribution is -2.73. The highest BCUT2D eigenvalue weighted by Gasteiger charge is 2.63. The Labute approximate surface area is 255 Å². The molecule has 4 rings (SSSR count).